The average Bonchev–Trinajstić information content (AvgIpc) is 2.47. The summed E-state index contributed by atoms with van der Waals surface area (Å²) in [6.45, 7) is 1.23. The van der Waals surface area contributed by atoms with Crippen LogP contribution in [0.1, 0.15) is 11.4 Å². The molecular weight excluding hydrogens is 281 g/mol. The van der Waals surface area contributed by atoms with E-state index in [1.54, 1.807) is 12.1 Å². The average molecular weight is 298 g/mol. The van der Waals surface area contributed by atoms with Gasteiger partial charge in [0.2, 0.25) is 0 Å². The number of H-pyrrole nitrogens is 1. The lowest BCUT2D eigenvalue weighted by Crippen LogP contribution is -3.06. The molecule has 4 nitrogen and oxygen atoms in total. The molecule has 1 atom stereocenters. The summed E-state index contributed by atoms with van der Waals surface area (Å²) in [4.78, 5) is 20.4. The number of nitrogens with zero attached hydrogens (tertiary/aromatic N) is 1. The number of rotatable bonds is 4. The molecule has 0 radical (unpaired) electrons. The van der Waals surface area contributed by atoms with Gasteiger partial charge in [-0.3, -0.25) is 4.79 Å². The first kappa shape index (κ1) is 14.4. The standard InChI is InChI=1S/C17H16FN3O/c1-21(10-12-5-4-6-13(18)9-12)11-16-19-15-8-3-2-7-14(15)17(22)20-16/h2-9H,10-11H2,1H3,(H,19,20,22)/p+1. The summed E-state index contributed by atoms with van der Waals surface area (Å²) in [5.41, 5.74) is 1.49. The maximum Gasteiger partial charge on any atom is 0.258 e. The summed E-state index contributed by atoms with van der Waals surface area (Å²) in [6.07, 6.45) is 0. The molecular formula is C17H17FN3O+. The fourth-order valence-electron chi connectivity index (χ4n) is 2.56. The largest absolute Gasteiger partial charge is 0.327 e. The molecule has 3 aromatic rings. The van der Waals surface area contributed by atoms with E-state index in [1.165, 1.54) is 12.1 Å². The third-order valence-electron chi connectivity index (χ3n) is 3.53. The van der Waals surface area contributed by atoms with Crippen molar-refractivity contribution in [1.82, 2.24) is 9.97 Å². The Labute approximate surface area is 127 Å². The number of nitrogens with one attached hydrogen (secondary N) is 2. The van der Waals surface area contributed by atoms with Crippen LogP contribution in [-0.4, -0.2) is 17.0 Å². The van der Waals surface area contributed by atoms with E-state index in [0.717, 1.165) is 10.5 Å². The van der Waals surface area contributed by atoms with Crippen molar-refractivity contribution in [2.24, 2.45) is 0 Å². The highest BCUT2D eigenvalue weighted by Gasteiger charge is 2.10. The molecule has 0 fully saturated rings. The summed E-state index contributed by atoms with van der Waals surface area (Å²) in [5, 5.41) is 0.592. The lowest BCUT2D eigenvalue weighted by atomic mass is 10.2. The number of aromatic amines is 1. The molecule has 5 heteroatoms. The fourth-order valence-corrected chi connectivity index (χ4v) is 2.56. The van der Waals surface area contributed by atoms with E-state index in [2.05, 4.69) is 9.97 Å². The van der Waals surface area contributed by atoms with Crippen molar-refractivity contribution in [2.75, 3.05) is 7.05 Å². The minimum Gasteiger partial charge on any atom is -0.327 e. The Kier molecular flexibility index (Phi) is 3.98. The SMILES string of the molecule is C[NH+](Cc1cccc(F)c1)Cc1nc2ccccc2c(=O)[nH]1. The van der Waals surface area contributed by atoms with Crippen molar-refractivity contribution in [3.05, 3.63) is 76.1 Å². The summed E-state index contributed by atoms with van der Waals surface area (Å²) in [7, 11) is 1.99. The van der Waals surface area contributed by atoms with Crippen LogP contribution in [0.15, 0.2) is 53.3 Å². The second kappa shape index (κ2) is 6.07. The molecule has 1 unspecified atom stereocenters. The summed E-state index contributed by atoms with van der Waals surface area (Å²) in [6, 6.07) is 13.8. The molecule has 112 valence electrons. The van der Waals surface area contributed by atoms with E-state index >= 15 is 0 Å². The van der Waals surface area contributed by atoms with Gasteiger partial charge in [-0.05, 0) is 24.3 Å². The summed E-state index contributed by atoms with van der Waals surface area (Å²) >= 11 is 0. The Hall–Kier alpha value is -2.53. The van der Waals surface area contributed by atoms with E-state index in [-0.39, 0.29) is 11.4 Å². The van der Waals surface area contributed by atoms with E-state index < -0.39 is 0 Å². The topological polar surface area (TPSA) is 50.2 Å². The van der Waals surface area contributed by atoms with E-state index in [0.29, 0.717) is 29.8 Å². The second-order valence-corrected chi connectivity index (χ2v) is 5.47. The first-order valence-electron chi connectivity index (χ1n) is 7.15. The minimum atomic E-state index is -0.234. The number of aromatic nitrogens is 2. The minimum absolute atomic E-state index is 0.126. The van der Waals surface area contributed by atoms with Crippen molar-refractivity contribution in [3.63, 3.8) is 0 Å². The van der Waals surface area contributed by atoms with Gasteiger partial charge in [-0.15, -0.1) is 0 Å². The third-order valence-corrected chi connectivity index (χ3v) is 3.53. The lowest BCUT2D eigenvalue weighted by molar-refractivity contribution is -0.908. The van der Waals surface area contributed by atoms with Crippen LogP contribution >= 0.6 is 0 Å². The number of quaternary nitrogens is 1. The Balaban J connectivity index is 1.79. The molecule has 0 bridgehead atoms. The molecule has 2 aromatic carbocycles. The number of fused-ring (bicyclic) bond motifs is 1. The predicted molar refractivity (Wildman–Crippen MR) is 83.1 cm³/mol. The highest BCUT2D eigenvalue weighted by molar-refractivity contribution is 5.77. The van der Waals surface area contributed by atoms with Gasteiger partial charge in [0.05, 0.1) is 18.0 Å². The highest BCUT2D eigenvalue weighted by Crippen LogP contribution is 2.05. The maximum atomic E-state index is 13.2. The number of benzene rings is 2. The van der Waals surface area contributed by atoms with Crippen LogP contribution in [0.4, 0.5) is 4.39 Å². The molecule has 22 heavy (non-hydrogen) atoms. The van der Waals surface area contributed by atoms with Crippen LogP contribution < -0.4 is 10.5 Å². The number of para-hydroxylation sites is 1. The maximum absolute atomic E-state index is 13.2. The Bertz CT molecular complexity index is 860. The third kappa shape index (κ3) is 3.20. The Morgan fingerprint density at radius 3 is 2.77 bits per heavy atom. The number of hydrogen-bond acceptors (Lipinski definition) is 2. The van der Waals surface area contributed by atoms with Crippen LogP contribution in [-0.2, 0) is 13.1 Å². The van der Waals surface area contributed by atoms with Crippen LogP contribution in [0.5, 0.6) is 0 Å². The lowest BCUT2D eigenvalue weighted by Gasteiger charge is -2.13. The highest BCUT2D eigenvalue weighted by atomic mass is 19.1. The monoisotopic (exact) mass is 298 g/mol. The zero-order valence-corrected chi connectivity index (χ0v) is 12.3. The normalized spacial score (nSPS) is 12.5. The van der Waals surface area contributed by atoms with Crippen molar-refractivity contribution < 1.29 is 9.29 Å². The van der Waals surface area contributed by atoms with Crippen molar-refractivity contribution in [2.45, 2.75) is 13.1 Å². The summed E-state index contributed by atoms with van der Waals surface area (Å²) in [5.74, 6) is 0.403. The molecule has 0 aliphatic carbocycles. The quantitative estimate of drug-likeness (QED) is 0.762. The van der Waals surface area contributed by atoms with Gasteiger partial charge >= 0.3 is 0 Å². The van der Waals surface area contributed by atoms with E-state index in [1.807, 2.05) is 31.3 Å². The molecule has 0 spiro atoms. The molecule has 0 aliphatic rings. The van der Waals surface area contributed by atoms with Crippen LogP contribution in [0.25, 0.3) is 10.9 Å². The van der Waals surface area contributed by atoms with Crippen molar-refractivity contribution in [3.8, 4) is 0 Å². The van der Waals surface area contributed by atoms with Gasteiger partial charge in [-0.2, -0.15) is 0 Å². The van der Waals surface area contributed by atoms with E-state index in [4.69, 9.17) is 0 Å². The molecule has 1 heterocycles. The van der Waals surface area contributed by atoms with Gasteiger partial charge in [-0.1, -0.05) is 24.3 Å². The number of hydrogen-bond donors (Lipinski definition) is 2. The Morgan fingerprint density at radius 2 is 1.95 bits per heavy atom. The predicted octanol–water partition coefficient (Wildman–Crippen LogP) is 1.28. The van der Waals surface area contributed by atoms with Gasteiger partial charge in [-0.25, -0.2) is 9.37 Å². The molecule has 1 aromatic heterocycles. The van der Waals surface area contributed by atoms with Gasteiger partial charge in [0.1, 0.15) is 18.9 Å². The van der Waals surface area contributed by atoms with Gasteiger partial charge in [0.25, 0.3) is 5.56 Å². The van der Waals surface area contributed by atoms with Crippen LogP contribution in [0.2, 0.25) is 0 Å². The van der Waals surface area contributed by atoms with E-state index in [9.17, 15) is 9.18 Å². The second-order valence-electron chi connectivity index (χ2n) is 5.47. The molecule has 2 N–H and O–H groups in total. The summed E-state index contributed by atoms with van der Waals surface area (Å²) < 4.78 is 13.2. The molecule has 0 saturated carbocycles. The zero-order valence-electron chi connectivity index (χ0n) is 12.3. The smallest absolute Gasteiger partial charge is 0.258 e. The van der Waals surface area contributed by atoms with Crippen LogP contribution in [0.3, 0.4) is 0 Å². The van der Waals surface area contributed by atoms with Crippen molar-refractivity contribution >= 4 is 10.9 Å². The van der Waals surface area contributed by atoms with Crippen LogP contribution in [0, 0.1) is 5.82 Å². The number of halogens is 1. The zero-order chi connectivity index (χ0) is 15.5. The fraction of sp³-hybridized carbons (Fsp3) is 0.176. The molecule has 0 aliphatic heterocycles. The first-order valence-corrected chi connectivity index (χ1v) is 7.15. The molecule has 3 rings (SSSR count). The Morgan fingerprint density at radius 1 is 1.14 bits per heavy atom. The first-order chi connectivity index (χ1) is 10.6. The van der Waals surface area contributed by atoms with Crippen molar-refractivity contribution in [1.29, 1.82) is 0 Å². The molecule has 0 amide bonds. The van der Waals surface area contributed by atoms with Gasteiger partial charge < -0.3 is 9.88 Å². The van der Waals surface area contributed by atoms with Gasteiger partial charge in [0, 0.05) is 5.56 Å². The van der Waals surface area contributed by atoms with Gasteiger partial charge in [0.15, 0.2) is 5.82 Å². The molecule has 0 saturated heterocycles.